The Balaban J connectivity index is 1.40. The first kappa shape index (κ1) is 23.5. The molecular formula is C27H30FN3O4. The van der Waals surface area contributed by atoms with Crippen molar-refractivity contribution in [3.8, 4) is 5.75 Å². The Morgan fingerprint density at radius 3 is 2.74 bits per heavy atom. The number of hydrogen-bond acceptors (Lipinski definition) is 5. The van der Waals surface area contributed by atoms with Crippen molar-refractivity contribution < 1.29 is 23.5 Å². The molecule has 3 aliphatic rings. The Kier molecular flexibility index (Phi) is 7.11. The summed E-state index contributed by atoms with van der Waals surface area (Å²) < 4.78 is 25.5. The van der Waals surface area contributed by atoms with Crippen molar-refractivity contribution in [3.05, 3.63) is 77.6 Å². The Morgan fingerprint density at radius 1 is 1.06 bits per heavy atom. The number of halogens is 1. The maximum absolute atomic E-state index is 13.7. The average molecular weight is 480 g/mol. The van der Waals surface area contributed by atoms with Crippen LogP contribution in [-0.4, -0.2) is 72.6 Å². The molecule has 0 aromatic heterocycles. The van der Waals surface area contributed by atoms with Gasteiger partial charge < -0.3 is 19.7 Å². The molecule has 0 saturated carbocycles. The molecule has 184 valence electrons. The molecule has 2 aromatic rings. The van der Waals surface area contributed by atoms with Crippen LogP contribution in [0.15, 0.2) is 60.7 Å². The summed E-state index contributed by atoms with van der Waals surface area (Å²) >= 11 is 0. The fraction of sp³-hybridized carbons (Fsp3) is 0.407. The molecule has 5 rings (SSSR count). The number of piperazine rings is 1. The van der Waals surface area contributed by atoms with Gasteiger partial charge in [0.2, 0.25) is 5.91 Å². The molecule has 1 saturated heterocycles. The van der Waals surface area contributed by atoms with Gasteiger partial charge in [-0.2, -0.15) is 0 Å². The van der Waals surface area contributed by atoms with Crippen LogP contribution in [0.3, 0.4) is 0 Å². The van der Waals surface area contributed by atoms with Gasteiger partial charge in [0.15, 0.2) is 0 Å². The molecule has 0 aliphatic carbocycles. The fourth-order valence-corrected chi connectivity index (χ4v) is 4.87. The monoisotopic (exact) mass is 479 g/mol. The third kappa shape index (κ3) is 5.55. The lowest BCUT2D eigenvalue weighted by atomic mass is 10.1. The summed E-state index contributed by atoms with van der Waals surface area (Å²) in [5.41, 5.74) is 1.41. The first-order valence-corrected chi connectivity index (χ1v) is 12.2. The highest BCUT2D eigenvalue weighted by molar-refractivity contribution is 6.00. The Hall–Kier alpha value is -3.23. The molecule has 2 bridgehead atoms. The van der Waals surface area contributed by atoms with Crippen molar-refractivity contribution in [2.45, 2.75) is 37.6 Å². The van der Waals surface area contributed by atoms with E-state index in [9.17, 15) is 14.0 Å². The van der Waals surface area contributed by atoms with Crippen LogP contribution in [0.2, 0.25) is 0 Å². The Bertz CT molecular complexity index is 1090. The highest BCUT2D eigenvalue weighted by atomic mass is 19.1. The van der Waals surface area contributed by atoms with Gasteiger partial charge in [0.25, 0.3) is 5.91 Å². The Morgan fingerprint density at radius 2 is 1.89 bits per heavy atom. The Labute approximate surface area is 204 Å². The smallest absolute Gasteiger partial charge is 0.258 e. The highest BCUT2D eigenvalue weighted by Gasteiger charge is 2.37. The molecular weight excluding hydrogens is 449 g/mol. The second kappa shape index (κ2) is 10.6. The number of carbonyl (C=O) groups excluding carboxylic acids is 2. The van der Waals surface area contributed by atoms with E-state index in [0.717, 1.165) is 12.0 Å². The lowest BCUT2D eigenvalue weighted by Gasteiger charge is -2.41. The maximum atomic E-state index is 13.7. The van der Waals surface area contributed by atoms with Crippen molar-refractivity contribution in [3.63, 3.8) is 0 Å². The number of para-hydroxylation sites is 1. The van der Waals surface area contributed by atoms with Crippen LogP contribution in [-0.2, 0) is 16.1 Å². The van der Waals surface area contributed by atoms with E-state index in [-0.39, 0.29) is 29.8 Å². The predicted molar refractivity (Wildman–Crippen MR) is 128 cm³/mol. The molecule has 3 heterocycles. The number of nitrogens with zero attached hydrogens (tertiary/aromatic N) is 2. The van der Waals surface area contributed by atoms with E-state index in [1.165, 1.54) is 12.1 Å². The molecule has 3 atom stereocenters. The summed E-state index contributed by atoms with van der Waals surface area (Å²) in [6, 6.07) is 12.9. The minimum atomic E-state index is -0.670. The van der Waals surface area contributed by atoms with Crippen molar-refractivity contribution in [1.82, 2.24) is 15.1 Å². The molecule has 35 heavy (non-hydrogen) atoms. The van der Waals surface area contributed by atoms with Gasteiger partial charge >= 0.3 is 0 Å². The van der Waals surface area contributed by atoms with Crippen molar-refractivity contribution >= 4 is 11.8 Å². The van der Waals surface area contributed by atoms with Crippen LogP contribution in [0.25, 0.3) is 0 Å². The molecule has 0 radical (unpaired) electrons. The van der Waals surface area contributed by atoms with E-state index in [2.05, 4.69) is 16.3 Å². The molecule has 2 amide bonds. The minimum Gasteiger partial charge on any atom is -0.493 e. The number of ether oxygens (including phenoxy) is 2. The largest absolute Gasteiger partial charge is 0.493 e. The van der Waals surface area contributed by atoms with E-state index in [1.54, 1.807) is 29.2 Å². The van der Waals surface area contributed by atoms with E-state index >= 15 is 0 Å². The number of rotatable bonds is 2. The number of benzene rings is 2. The van der Waals surface area contributed by atoms with Crippen LogP contribution < -0.4 is 10.1 Å². The normalized spacial score (nSPS) is 25.6. The zero-order chi connectivity index (χ0) is 24.2. The molecule has 0 unspecified atom stereocenters. The number of hydrogen-bond donors (Lipinski definition) is 1. The predicted octanol–water partition coefficient (Wildman–Crippen LogP) is 2.76. The van der Waals surface area contributed by atoms with E-state index < -0.39 is 6.04 Å². The summed E-state index contributed by atoms with van der Waals surface area (Å²) in [5, 5.41) is 3.01. The summed E-state index contributed by atoms with van der Waals surface area (Å²) in [4.78, 5) is 30.8. The fourth-order valence-electron chi connectivity index (χ4n) is 4.87. The highest BCUT2D eigenvalue weighted by Crippen LogP contribution is 2.25. The topological polar surface area (TPSA) is 71.1 Å². The van der Waals surface area contributed by atoms with E-state index in [1.807, 2.05) is 18.2 Å². The SMILES string of the molecule is O=C1NC[C@@H]2C=CC[C@@H](CCOc3ccccc3C(=O)N3CCN(Cc4ccc(F)cc4)C[C@@H]13)O2. The van der Waals surface area contributed by atoms with E-state index in [0.29, 0.717) is 57.1 Å². The third-order valence-corrected chi connectivity index (χ3v) is 6.76. The maximum Gasteiger partial charge on any atom is 0.258 e. The van der Waals surface area contributed by atoms with Gasteiger partial charge in [-0.1, -0.05) is 36.4 Å². The van der Waals surface area contributed by atoms with Crippen LogP contribution in [0.1, 0.15) is 28.8 Å². The molecule has 0 spiro atoms. The van der Waals surface area contributed by atoms with Gasteiger partial charge in [-0.15, -0.1) is 0 Å². The lowest BCUT2D eigenvalue weighted by molar-refractivity contribution is -0.128. The van der Waals surface area contributed by atoms with Gasteiger partial charge in [0, 0.05) is 39.1 Å². The van der Waals surface area contributed by atoms with Crippen molar-refractivity contribution in [1.29, 1.82) is 0 Å². The molecule has 7 nitrogen and oxygen atoms in total. The molecule has 3 aliphatic heterocycles. The van der Waals surface area contributed by atoms with Gasteiger partial charge in [-0.25, -0.2) is 4.39 Å². The summed E-state index contributed by atoms with van der Waals surface area (Å²) in [6.45, 7) is 2.74. The summed E-state index contributed by atoms with van der Waals surface area (Å²) in [7, 11) is 0. The van der Waals surface area contributed by atoms with Crippen molar-refractivity contribution in [2.75, 3.05) is 32.8 Å². The zero-order valence-corrected chi connectivity index (χ0v) is 19.6. The number of amides is 2. The average Bonchev–Trinajstić information content (AvgIpc) is 2.88. The van der Waals surface area contributed by atoms with E-state index in [4.69, 9.17) is 9.47 Å². The quantitative estimate of drug-likeness (QED) is 0.671. The third-order valence-electron chi connectivity index (χ3n) is 6.76. The number of fused-ring (bicyclic) bond motifs is 4. The van der Waals surface area contributed by atoms with Crippen LogP contribution in [0.4, 0.5) is 4.39 Å². The summed E-state index contributed by atoms with van der Waals surface area (Å²) in [5.74, 6) is -0.186. The van der Waals surface area contributed by atoms with Gasteiger partial charge in [-0.3, -0.25) is 14.5 Å². The first-order chi connectivity index (χ1) is 17.1. The second-order valence-corrected chi connectivity index (χ2v) is 9.21. The van der Waals surface area contributed by atoms with Gasteiger partial charge in [0.05, 0.1) is 24.4 Å². The first-order valence-electron chi connectivity index (χ1n) is 12.2. The van der Waals surface area contributed by atoms with Crippen LogP contribution in [0, 0.1) is 5.82 Å². The lowest BCUT2D eigenvalue weighted by Crippen LogP contribution is -2.61. The standard InChI is InChI=1S/C27H30FN3O4/c28-20-10-8-19(9-11-20)17-30-13-14-31-24(18-30)26(32)29-16-22-5-3-4-21(35-22)12-15-34-25-7-2-1-6-23(25)27(31)33/h1-3,5-11,21-22,24H,4,12-18H2,(H,29,32)/t21-,22-,24-/m0/s1. The molecule has 8 heteroatoms. The number of nitrogens with one attached hydrogen (secondary N) is 1. The molecule has 2 aromatic carbocycles. The van der Waals surface area contributed by atoms with Crippen LogP contribution >= 0.6 is 0 Å². The van der Waals surface area contributed by atoms with Crippen LogP contribution in [0.5, 0.6) is 5.75 Å². The van der Waals surface area contributed by atoms with Gasteiger partial charge in [0.1, 0.15) is 17.6 Å². The zero-order valence-electron chi connectivity index (χ0n) is 19.6. The molecule has 1 fully saturated rings. The second-order valence-electron chi connectivity index (χ2n) is 9.21. The summed E-state index contributed by atoms with van der Waals surface area (Å²) in [6.07, 6.45) is 5.35. The minimum absolute atomic E-state index is 0.00471. The molecule has 1 N–H and O–H groups in total. The number of carbonyl (C=O) groups is 2. The van der Waals surface area contributed by atoms with Gasteiger partial charge in [-0.05, 0) is 36.2 Å². The van der Waals surface area contributed by atoms with Crippen molar-refractivity contribution in [2.24, 2.45) is 0 Å².